The van der Waals surface area contributed by atoms with Gasteiger partial charge in [0.2, 0.25) is 0 Å². The highest BCUT2D eigenvalue weighted by atomic mass is 19.1. The molecular weight excluding hydrogens is 245 g/mol. The maximum Gasteiger partial charge on any atom is 0.169 e. The average molecular weight is 267 g/mol. The van der Waals surface area contributed by atoms with Crippen molar-refractivity contribution in [3.05, 3.63) is 29.6 Å². The number of hydrogen-bond acceptors (Lipinski definition) is 3. The van der Waals surface area contributed by atoms with Gasteiger partial charge in [0.05, 0.1) is 12.9 Å². The normalized spacial score (nSPS) is 11.1. The topological polar surface area (TPSA) is 62.3 Å². The van der Waals surface area contributed by atoms with Crippen molar-refractivity contribution >= 4 is 5.84 Å². The van der Waals surface area contributed by atoms with Crippen molar-refractivity contribution in [3.63, 3.8) is 0 Å². The van der Waals surface area contributed by atoms with Crippen LogP contribution in [-0.2, 0) is 6.54 Å². The Kier molecular flexibility index (Phi) is 5.76. The quantitative estimate of drug-likeness (QED) is 0.589. The van der Waals surface area contributed by atoms with E-state index in [1.165, 1.54) is 7.11 Å². The second-order valence-electron chi connectivity index (χ2n) is 4.77. The Morgan fingerprint density at radius 3 is 2.68 bits per heavy atom. The van der Waals surface area contributed by atoms with Crippen LogP contribution in [0.25, 0.3) is 0 Å². The number of methoxy groups -OCH3 is 1. The Hall–Kier alpha value is -1.62. The zero-order valence-electron chi connectivity index (χ0n) is 11.7. The van der Waals surface area contributed by atoms with Crippen molar-refractivity contribution in [2.45, 2.75) is 32.9 Å². The molecule has 0 heterocycles. The molecule has 0 spiro atoms. The summed E-state index contributed by atoms with van der Waals surface area (Å²) >= 11 is 0. The van der Waals surface area contributed by atoms with Gasteiger partial charge in [-0.3, -0.25) is 10.3 Å². The van der Waals surface area contributed by atoms with Crippen molar-refractivity contribution in [3.8, 4) is 5.75 Å². The Labute approximate surface area is 113 Å². The number of nitrogens with two attached hydrogens (primary N) is 1. The summed E-state index contributed by atoms with van der Waals surface area (Å²) in [5.74, 6) is 0.0861. The standard InChI is InChI=1S/C14H22FN3O/c1-10(2)18(8-7-13(16)17)9-11-5-4-6-12(19-3)14(11)15/h4-6,10H,7-9H2,1-3H3,(H3,16,17). The van der Waals surface area contributed by atoms with Crippen LogP contribution in [0.2, 0.25) is 0 Å². The first-order valence-corrected chi connectivity index (χ1v) is 6.34. The van der Waals surface area contributed by atoms with E-state index in [2.05, 4.69) is 4.90 Å². The van der Waals surface area contributed by atoms with E-state index < -0.39 is 0 Å². The number of nitrogens with one attached hydrogen (secondary N) is 1. The Morgan fingerprint density at radius 1 is 1.47 bits per heavy atom. The van der Waals surface area contributed by atoms with Gasteiger partial charge in [-0.15, -0.1) is 0 Å². The Balaban J connectivity index is 2.81. The molecule has 0 saturated heterocycles. The fraction of sp³-hybridized carbons (Fsp3) is 0.500. The van der Waals surface area contributed by atoms with E-state index in [9.17, 15) is 4.39 Å². The monoisotopic (exact) mass is 267 g/mol. The lowest BCUT2D eigenvalue weighted by Crippen LogP contribution is -2.33. The summed E-state index contributed by atoms with van der Waals surface area (Å²) in [7, 11) is 1.46. The molecule has 0 amide bonds. The van der Waals surface area contributed by atoms with Crippen LogP contribution in [0.3, 0.4) is 0 Å². The van der Waals surface area contributed by atoms with Crippen molar-refractivity contribution in [1.29, 1.82) is 5.41 Å². The van der Waals surface area contributed by atoms with Crippen LogP contribution in [-0.4, -0.2) is 30.4 Å². The minimum absolute atomic E-state index is 0.150. The summed E-state index contributed by atoms with van der Waals surface area (Å²) in [4.78, 5) is 2.08. The number of halogens is 1. The Morgan fingerprint density at radius 2 is 2.16 bits per heavy atom. The number of benzene rings is 1. The van der Waals surface area contributed by atoms with Gasteiger partial charge < -0.3 is 10.5 Å². The SMILES string of the molecule is COc1cccc(CN(CCC(=N)N)C(C)C)c1F. The van der Waals surface area contributed by atoms with Crippen molar-refractivity contribution < 1.29 is 9.13 Å². The van der Waals surface area contributed by atoms with Crippen LogP contribution < -0.4 is 10.5 Å². The third-order valence-electron chi connectivity index (χ3n) is 3.04. The van der Waals surface area contributed by atoms with Gasteiger partial charge in [-0.25, -0.2) is 4.39 Å². The highest BCUT2D eigenvalue weighted by Gasteiger charge is 2.15. The van der Waals surface area contributed by atoms with E-state index >= 15 is 0 Å². The van der Waals surface area contributed by atoms with E-state index in [0.717, 1.165) is 0 Å². The molecule has 3 N–H and O–H groups in total. The summed E-state index contributed by atoms with van der Waals surface area (Å²) in [6, 6.07) is 5.39. The summed E-state index contributed by atoms with van der Waals surface area (Å²) in [5.41, 5.74) is 5.97. The summed E-state index contributed by atoms with van der Waals surface area (Å²) < 4.78 is 19.1. The maximum absolute atomic E-state index is 14.1. The Bertz CT molecular complexity index is 435. The van der Waals surface area contributed by atoms with E-state index in [0.29, 0.717) is 25.1 Å². The van der Waals surface area contributed by atoms with Crippen LogP contribution >= 0.6 is 0 Å². The first-order valence-electron chi connectivity index (χ1n) is 6.34. The predicted octanol–water partition coefficient (Wildman–Crippen LogP) is 2.37. The maximum atomic E-state index is 14.1. The minimum Gasteiger partial charge on any atom is -0.494 e. The van der Waals surface area contributed by atoms with Gasteiger partial charge in [0.1, 0.15) is 0 Å². The predicted molar refractivity (Wildman–Crippen MR) is 75.0 cm³/mol. The first kappa shape index (κ1) is 15.4. The first-order chi connectivity index (χ1) is 8.95. The smallest absolute Gasteiger partial charge is 0.169 e. The fourth-order valence-corrected chi connectivity index (χ4v) is 1.84. The zero-order chi connectivity index (χ0) is 14.4. The zero-order valence-corrected chi connectivity index (χ0v) is 11.7. The van der Waals surface area contributed by atoms with Gasteiger partial charge >= 0.3 is 0 Å². The van der Waals surface area contributed by atoms with Crippen LogP contribution in [0.1, 0.15) is 25.8 Å². The lowest BCUT2D eigenvalue weighted by atomic mass is 10.1. The summed E-state index contributed by atoms with van der Waals surface area (Å²) in [6.45, 7) is 5.20. The van der Waals surface area contributed by atoms with Gasteiger partial charge in [-0.1, -0.05) is 12.1 Å². The van der Waals surface area contributed by atoms with Crippen molar-refractivity contribution in [2.75, 3.05) is 13.7 Å². The third kappa shape index (κ3) is 4.52. The lowest BCUT2D eigenvalue weighted by Gasteiger charge is -2.26. The second kappa shape index (κ2) is 7.09. The minimum atomic E-state index is -0.321. The summed E-state index contributed by atoms with van der Waals surface area (Å²) in [5, 5.41) is 7.27. The molecule has 0 fully saturated rings. The van der Waals surface area contributed by atoms with E-state index in [1.807, 2.05) is 13.8 Å². The summed E-state index contributed by atoms with van der Waals surface area (Å²) in [6.07, 6.45) is 0.490. The molecule has 0 aromatic heterocycles. The molecule has 0 aliphatic rings. The van der Waals surface area contributed by atoms with Crippen LogP contribution in [0.15, 0.2) is 18.2 Å². The second-order valence-corrected chi connectivity index (χ2v) is 4.77. The number of amidine groups is 1. The molecule has 0 aliphatic carbocycles. The number of ether oxygens (including phenoxy) is 1. The van der Waals surface area contributed by atoms with Gasteiger partial charge in [0, 0.05) is 31.1 Å². The van der Waals surface area contributed by atoms with Crippen molar-refractivity contribution in [2.24, 2.45) is 5.73 Å². The molecule has 0 saturated carbocycles. The van der Waals surface area contributed by atoms with Crippen LogP contribution in [0.5, 0.6) is 5.75 Å². The van der Waals surface area contributed by atoms with Crippen LogP contribution in [0.4, 0.5) is 4.39 Å². The van der Waals surface area contributed by atoms with Crippen LogP contribution in [0, 0.1) is 11.2 Å². The molecule has 0 atom stereocenters. The number of hydrogen-bond donors (Lipinski definition) is 2. The van der Waals surface area contributed by atoms with E-state index in [4.69, 9.17) is 15.9 Å². The molecule has 0 bridgehead atoms. The number of rotatable bonds is 7. The number of nitrogens with zero attached hydrogens (tertiary/aromatic N) is 1. The fourth-order valence-electron chi connectivity index (χ4n) is 1.84. The van der Waals surface area contributed by atoms with Gasteiger partial charge in [0.25, 0.3) is 0 Å². The lowest BCUT2D eigenvalue weighted by molar-refractivity contribution is 0.215. The molecule has 1 aromatic rings. The van der Waals surface area contributed by atoms with Gasteiger partial charge in [-0.05, 0) is 19.9 Å². The molecule has 5 heteroatoms. The molecule has 0 aliphatic heterocycles. The van der Waals surface area contributed by atoms with Gasteiger partial charge in [0.15, 0.2) is 11.6 Å². The molecule has 4 nitrogen and oxygen atoms in total. The van der Waals surface area contributed by atoms with E-state index in [1.54, 1.807) is 18.2 Å². The molecule has 19 heavy (non-hydrogen) atoms. The van der Waals surface area contributed by atoms with E-state index in [-0.39, 0.29) is 23.4 Å². The molecule has 106 valence electrons. The van der Waals surface area contributed by atoms with Gasteiger partial charge in [-0.2, -0.15) is 0 Å². The molecule has 0 radical (unpaired) electrons. The molecule has 1 aromatic carbocycles. The highest BCUT2D eigenvalue weighted by molar-refractivity contribution is 5.76. The van der Waals surface area contributed by atoms with Crippen molar-refractivity contribution in [1.82, 2.24) is 4.90 Å². The molecule has 1 rings (SSSR count). The highest BCUT2D eigenvalue weighted by Crippen LogP contribution is 2.21. The largest absolute Gasteiger partial charge is 0.494 e. The average Bonchev–Trinajstić information content (AvgIpc) is 2.35. The third-order valence-corrected chi connectivity index (χ3v) is 3.04. The molecule has 0 unspecified atom stereocenters. The molecular formula is C14H22FN3O.